The molecule has 176 valence electrons. The number of phenols is 2. The number of carbonyl (C=O) groups excluding carboxylic acids is 1. The number of ether oxygens (including phenoxy) is 1. The van der Waals surface area contributed by atoms with Crippen LogP contribution < -0.4 is 10.0 Å². The maximum Gasteiger partial charge on any atom is 0.524 e. The van der Waals surface area contributed by atoms with Crippen LogP contribution in [0.2, 0.25) is 0 Å². The number of hydrogen-bond acceptors (Lipinski definition) is 6. The second-order valence-corrected chi connectivity index (χ2v) is 8.97. The number of halogens is 3. The van der Waals surface area contributed by atoms with Crippen LogP contribution in [0.3, 0.4) is 0 Å². The highest BCUT2D eigenvalue weighted by Crippen LogP contribution is 2.37. The van der Waals surface area contributed by atoms with E-state index in [9.17, 15) is 36.6 Å². The lowest BCUT2D eigenvalue weighted by molar-refractivity contribution is -0.361. The SMILES string of the molecule is CS(=O)(=O)Nc1cc(C(=O)NC2(OC(F)(F)F)C=CC(c3ccccc3)=CC2)cc(O)c1O. The second kappa shape index (κ2) is 8.79. The molecule has 0 fully saturated rings. The van der Waals surface area contributed by atoms with E-state index in [0.717, 1.165) is 30.0 Å². The van der Waals surface area contributed by atoms with Crippen molar-refractivity contribution in [3.63, 3.8) is 0 Å². The largest absolute Gasteiger partial charge is 0.524 e. The minimum Gasteiger partial charge on any atom is -0.504 e. The van der Waals surface area contributed by atoms with Gasteiger partial charge in [0, 0.05) is 12.0 Å². The van der Waals surface area contributed by atoms with E-state index < -0.39 is 50.8 Å². The van der Waals surface area contributed by atoms with Crippen LogP contribution in [-0.4, -0.2) is 42.9 Å². The van der Waals surface area contributed by atoms with Crippen molar-refractivity contribution in [1.29, 1.82) is 0 Å². The number of allylic oxidation sites excluding steroid dienone is 2. The fourth-order valence-electron chi connectivity index (χ4n) is 3.16. The molecular weight excluding hydrogens is 465 g/mol. The Morgan fingerprint density at radius 2 is 1.82 bits per heavy atom. The summed E-state index contributed by atoms with van der Waals surface area (Å²) in [6, 6.07) is 10.5. The van der Waals surface area contributed by atoms with Gasteiger partial charge < -0.3 is 15.5 Å². The van der Waals surface area contributed by atoms with Gasteiger partial charge in [-0.2, -0.15) is 0 Å². The van der Waals surface area contributed by atoms with Gasteiger partial charge in [0.1, 0.15) is 0 Å². The van der Waals surface area contributed by atoms with Crippen LogP contribution in [0.1, 0.15) is 22.3 Å². The van der Waals surface area contributed by atoms with Crippen molar-refractivity contribution in [2.45, 2.75) is 18.5 Å². The number of aromatic hydroxyl groups is 2. The predicted molar refractivity (Wildman–Crippen MR) is 114 cm³/mol. The topological polar surface area (TPSA) is 125 Å². The van der Waals surface area contributed by atoms with E-state index in [4.69, 9.17) is 0 Å². The van der Waals surface area contributed by atoms with Gasteiger partial charge in [-0.15, -0.1) is 13.2 Å². The van der Waals surface area contributed by atoms with Crippen LogP contribution >= 0.6 is 0 Å². The number of benzene rings is 2. The monoisotopic (exact) mass is 484 g/mol. The van der Waals surface area contributed by atoms with E-state index >= 15 is 0 Å². The molecule has 12 heteroatoms. The van der Waals surface area contributed by atoms with Crippen molar-refractivity contribution in [2.75, 3.05) is 11.0 Å². The van der Waals surface area contributed by atoms with E-state index in [-0.39, 0.29) is 6.42 Å². The van der Waals surface area contributed by atoms with Crippen molar-refractivity contribution in [3.05, 3.63) is 71.8 Å². The number of amides is 1. The second-order valence-electron chi connectivity index (χ2n) is 7.22. The lowest BCUT2D eigenvalue weighted by atomic mass is 9.94. The molecule has 0 saturated heterocycles. The van der Waals surface area contributed by atoms with Crippen LogP contribution in [0.5, 0.6) is 11.5 Å². The molecule has 0 bridgehead atoms. The Bertz CT molecular complexity index is 1230. The summed E-state index contributed by atoms with van der Waals surface area (Å²) in [7, 11) is -3.90. The standard InChI is InChI=1S/C21H19F3N2O6S/c1-33(30,31)26-16-11-15(12-17(27)18(16)28)19(29)25-20(32-21(22,23)24)9-7-14(8-10-20)13-5-3-2-4-6-13/h2-9,11-12,26-28H,10H2,1H3,(H,25,29). The van der Waals surface area contributed by atoms with Gasteiger partial charge in [0.25, 0.3) is 5.91 Å². The van der Waals surface area contributed by atoms with Gasteiger partial charge in [0.05, 0.1) is 11.9 Å². The fourth-order valence-corrected chi connectivity index (χ4v) is 3.71. The van der Waals surface area contributed by atoms with Gasteiger partial charge in [0.2, 0.25) is 10.0 Å². The third kappa shape index (κ3) is 6.26. The lowest BCUT2D eigenvalue weighted by Crippen LogP contribution is -2.52. The molecule has 1 amide bonds. The Morgan fingerprint density at radius 3 is 2.36 bits per heavy atom. The van der Waals surface area contributed by atoms with Crippen molar-refractivity contribution in [1.82, 2.24) is 5.32 Å². The molecule has 0 aromatic heterocycles. The first kappa shape index (κ1) is 24.1. The van der Waals surface area contributed by atoms with Gasteiger partial charge in [-0.25, -0.2) is 8.42 Å². The molecule has 1 aliphatic carbocycles. The smallest absolute Gasteiger partial charge is 0.504 e. The number of hydrogen-bond donors (Lipinski definition) is 4. The van der Waals surface area contributed by atoms with Crippen LogP contribution in [0, 0.1) is 0 Å². The summed E-state index contributed by atoms with van der Waals surface area (Å²) in [5.74, 6) is -2.83. The summed E-state index contributed by atoms with van der Waals surface area (Å²) in [5.41, 5.74) is -1.88. The lowest BCUT2D eigenvalue weighted by Gasteiger charge is -2.34. The van der Waals surface area contributed by atoms with E-state index in [1.165, 1.54) is 12.2 Å². The third-order valence-corrected chi connectivity index (χ3v) is 5.13. The van der Waals surface area contributed by atoms with Crippen molar-refractivity contribution < 1.29 is 41.3 Å². The number of carbonyl (C=O) groups is 1. The summed E-state index contributed by atoms with van der Waals surface area (Å²) in [6.45, 7) is 0. The van der Waals surface area contributed by atoms with Gasteiger partial charge in [-0.3, -0.25) is 14.3 Å². The zero-order valence-corrected chi connectivity index (χ0v) is 17.9. The highest BCUT2D eigenvalue weighted by molar-refractivity contribution is 7.92. The maximum atomic E-state index is 13.1. The molecule has 0 heterocycles. The average Bonchev–Trinajstić information content (AvgIpc) is 2.70. The highest BCUT2D eigenvalue weighted by Gasteiger charge is 2.44. The molecule has 33 heavy (non-hydrogen) atoms. The van der Waals surface area contributed by atoms with Crippen LogP contribution in [0.15, 0.2) is 60.7 Å². The number of phenolic OH excluding ortho intramolecular Hbond substituents is 2. The number of rotatable bonds is 6. The Labute approximate surface area is 187 Å². The fraction of sp³-hybridized carbons (Fsp3) is 0.190. The summed E-state index contributed by atoms with van der Waals surface area (Å²) in [5, 5.41) is 21.8. The predicted octanol–water partition coefficient (Wildman–Crippen LogP) is 3.48. The number of alkyl halides is 3. The highest BCUT2D eigenvalue weighted by atomic mass is 32.2. The summed E-state index contributed by atoms with van der Waals surface area (Å²) < 4.78 is 68.5. The van der Waals surface area contributed by atoms with Crippen molar-refractivity contribution in [3.8, 4) is 11.5 Å². The molecule has 8 nitrogen and oxygen atoms in total. The van der Waals surface area contributed by atoms with E-state index in [0.29, 0.717) is 5.57 Å². The molecule has 2 aromatic rings. The summed E-state index contributed by atoms with van der Waals surface area (Å²) in [4.78, 5) is 12.8. The van der Waals surface area contributed by atoms with E-state index in [2.05, 4.69) is 10.1 Å². The molecule has 0 aliphatic heterocycles. The quantitative estimate of drug-likeness (QED) is 0.368. The summed E-state index contributed by atoms with van der Waals surface area (Å²) >= 11 is 0. The van der Waals surface area contributed by atoms with Crippen LogP contribution in [0.4, 0.5) is 18.9 Å². The average molecular weight is 484 g/mol. The molecule has 0 spiro atoms. The molecule has 3 rings (SSSR count). The van der Waals surface area contributed by atoms with Crippen molar-refractivity contribution in [2.24, 2.45) is 0 Å². The molecule has 4 N–H and O–H groups in total. The Balaban J connectivity index is 1.91. The normalized spacial score (nSPS) is 18.5. The van der Waals surface area contributed by atoms with E-state index in [1.807, 2.05) is 4.72 Å². The first-order chi connectivity index (χ1) is 15.3. The Kier molecular flexibility index (Phi) is 6.43. The van der Waals surface area contributed by atoms with E-state index in [1.54, 1.807) is 30.3 Å². The molecule has 0 saturated carbocycles. The van der Waals surface area contributed by atoms with Gasteiger partial charge in [0.15, 0.2) is 17.2 Å². The number of nitrogens with one attached hydrogen (secondary N) is 2. The Morgan fingerprint density at radius 1 is 1.15 bits per heavy atom. The zero-order chi connectivity index (χ0) is 24.4. The number of sulfonamides is 1. The minimum atomic E-state index is -5.10. The third-order valence-electron chi connectivity index (χ3n) is 4.53. The minimum absolute atomic E-state index is 0.377. The summed E-state index contributed by atoms with van der Waals surface area (Å²) in [6.07, 6.45) is -0.822. The molecule has 1 aliphatic rings. The Hall–Kier alpha value is -3.51. The molecule has 2 aromatic carbocycles. The van der Waals surface area contributed by atoms with Gasteiger partial charge >= 0.3 is 6.36 Å². The van der Waals surface area contributed by atoms with Crippen LogP contribution in [-0.2, 0) is 14.8 Å². The first-order valence-corrected chi connectivity index (χ1v) is 11.2. The molecular formula is C21H19F3N2O6S. The maximum absolute atomic E-state index is 13.1. The van der Waals surface area contributed by atoms with Gasteiger partial charge in [-0.1, -0.05) is 42.5 Å². The first-order valence-electron chi connectivity index (χ1n) is 9.35. The van der Waals surface area contributed by atoms with Crippen molar-refractivity contribution >= 4 is 27.2 Å². The molecule has 1 atom stereocenters. The molecule has 1 unspecified atom stereocenters. The van der Waals surface area contributed by atoms with Crippen LogP contribution in [0.25, 0.3) is 5.57 Å². The number of anilines is 1. The van der Waals surface area contributed by atoms with Gasteiger partial charge in [-0.05, 0) is 29.3 Å². The zero-order valence-electron chi connectivity index (χ0n) is 17.1. The molecule has 0 radical (unpaired) electrons.